The minimum Gasteiger partial charge on any atom is -0.485 e. The number of aryl methyl sites for hydroxylation is 2. The molecule has 0 saturated carbocycles. The molecule has 0 amide bonds. The van der Waals surface area contributed by atoms with Gasteiger partial charge in [-0.1, -0.05) is 11.6 Å². The maximum atomic E-state index is 12.6. The first-order chi connectivity index (χ1) is 12.2. The number of aromatic nitrogens is 1. The monoisotopic (exact) mass is 395 g/mol. The summed E-state index contributed by atoms with van der Waals surface area (Å²) in [5, 5.41) is 0.622. The molecule has 1 atom stereocenters. The van der Waals surface area contributed by atoms with Crippen molar-refractivity contribution >= 4 is 27.2 Å². The second-order valence-corrected chi connectivity index (χ2v) is 9.50. The van der Waals surface area contributed by atoms with Crippen molar-refractivity contribution in [3.8, 4) is 5.75 Å². The largest absolute Gasteiger partial charge is 0.485 e. The quantitative estimate of drug-likeness (QED) is 0.724. The number of benzene rings is 1. The molecular weight excluding hydrogens is 374 g/mol. The van der Waals surface area contributed by atoms with E-state index in [-0.39, 0.29) is 29.9 Å². The van der Waals surface area contributed by atoms with E-state index in [1.54, 1.807) is 18.2 Å². The molecule has 1 saturated heterocycles. The molecule has 7 heteroatoms. The molecule has 2 aromatic rings. The molecule has 5 nitrogen and oxygen atoms in total. The zero-order valence-corrected chi connectivity index (χ0v) is 16.7. The SMILES string of the molecule is Cc1cc(Cl)ccc1OCC(=O)c1cc(C)n([C@H]2CCS(=O)(=O)C2)c1C. The standard InChI is InChI=1S/C19H22ClNO4S/c1-12-8-15(20)4-5-19(12)25-10-18(22)17-9-13(2)21(14(17)3)16-6-7-26(23,24)11-16/h4-5,8-9,16H,6-7,10-11H2,1-3H3/t16-/m0/s1. The van der Waals surface area contributed by atoms with Gasteiger partial charge in [0, 0.05) is 28.0 Å². The summed E-state index contributed by atoms with van der Waals surface area (Å²) in [6.07, 6.45) is 0.590. The van der Waals surface area contributed by atoms with Crippen molar-refractivity contribution in [3.63, 3.8) is 0 Å². The lowest BCUT2D eigenvalue weighted by molar-refractivity contribution is 0.0920. The van der Waals surface area contributed by atoms with Crippen LogP contribution in [0.1, 0.15) is 39.8 Å². The fourth-order valence-corrected chi connectivity index (χ4v) is 5.52. The molecule has 0 bridgehead atoms. The lowest BCUT2D eigenvalue weighted by atomic mass is 10.1. The van der Waals surface area contributed by atoms with Gasteiger partial charge in [0.1, 0.15) is 5.75 Å². The van der Waals surface area contributed by atoms with E-state index in [9.17, 15) is 13.2 Å². The van der Waals surface area contributed by atoms with Gasteiger partial charge >= 0.3 is 0 Å². The van der Waals surface area contributed by atoms with E-state index in [0.29, 0.717) is 22.8 Å². The Balaban J connectivity index is 1.77. The van der Waals surface area contributed by atoms with E-state index in [2.05, 4.69) is 0 Å². The van der Waals surface area contributed by atoms with Gasteiger partial charge in [-0.15, -0.1) is 0 Å². The Kier molecular flexibility index (Phi) is 5.17. The predicted octanol–water partition coefficient (Wildman–Crippen LogP) is 3.69. The average Bonchev–Trinajstić information content (AvgIpc) is 3.05. The van der Waals surface area contributed by atoms with Gasteiger partial charge in [-0.05, 0) is 57.0 Å². The molecule has 0 radical (unpaired) electrons. The Labute approximate surface area is 158 Å². The van der Waals surface area contributed by atoms with Gasteiger partial charge in [0.2, 0.25) is 5.78 Å². The summed E-state index contributed by atoms with van der Waals surface area (Å²) in [7, 11) is -2.98. The van der Waals surface area contributed by atoms with E-state index >= 15 is 0 Å². The first-order valence-corrected chi connectivity index (χ1v) is 10.7. The van der Waals surface area contributed by atoms with Crippen LogP contribution in [0.4, 0.5) is 0 Å². The van der Waals surface area contributed by atoms with E-state index in [1.165, 1.54) is 0 Å². The number of halogens is 1. The fraction of sp³-hybridized carbons (Fsp3) is 0.421. The van der Waals surface area contributed by atoms with Crippen LogP contribution in [0.25, 0.3) is 0 Å². The van der Waals surface area contributed by atoms with Crippen molar-refractivity contribution in [1.29, 1.82) is 0 Å². The zero-order valence-electron chi connectivity index (χ0n) is 15.1. The highest BCUT2D eigenvalue weighted by atomic mass is 35.5. The number of Topliss-reactive ketones (excluding diaryl/α,β-unsaturated/α-hetero) is 1. The summed E-state index contributed by atoms with van der Waals surface area (Å²) in [6.45, 7) is 5.56. The van der Waals surface area contributed by atoms with Crippen molar-refractivity contribution in [2.45, 2.75) is 33.2 Å². The van der Waals surface area contributed by atoms with Gasteiger partial charge in [0.05, 0.1) is 11.5 Å². The summed E-state index contributed by atoms with van der Waals surface area (Å²) in [5.74, 6) is 0.840. The molecule has 1 aromatic carbocycles. The first-order valence-electron chi connectivity index (χ1n) is 8.49. The highest BCUT2D eigenvalue weighted by Crippen LogP contribution is 2.29. The molecule has 0 unspecified atom stereocenters. The minimum atomic E-state index is -2.98. The van der Waals surface area contributed by atoms with Crippen LogP contribution in [0.2, 0.25) is 5.02 Å². The molecule has 2 heterocycles. The molecule has 26 heavy (non-hydrogen) atoms. The number of carbonyl (C=O) groups is 1. The molecule has 0 spiro atoms. The summed E-state index contributed by atoms with van der Waals surface area (Å²) >= 11 is 5.93. The topological polar surface area (TPSA) is 65.4 Å². The van der Waals surface area contributed by atoms with Gasteiger partial charge in [-0.25, -0.2) is 8.42 Å². The third kappa shape index (κ3) is 3.81. The van der Waals surface area contributed by atoms with Crippen LogP contribution >= 0.6 is 11.6 Å². The number of ether oxygens (including phenoxy) is 1. The number of rotatable bonds is 5. The van der Waals surface area contributed by atoms with Crippen molar-refractivity contribution < 1.29 is 17.9 Å². The van der Waals surface area contributed by atoms with Gasteiger partial charge in [-0.2, -0.15) is 0 Å². The molecule has 0 aliphatic carbocycles. The lowest BCUT2D eigenvalue weighted by Gasteiger charge is -2.16. The normalized spacial score (nSPS) is 18.8. The van der Waals surface area contributed by atoms with E-state index in [1.807, 2.05) is 31.4 Å². The molecule has 140 valence electrons. The first kappa shape index (κ1) is 19.0. The van der Waals surface area contributed by atoms with Crippen LogP contribution in [0.3, 0.4) is 0 Å². The maximum Gasteiger partial charge on any atom is 0.202 e. The number of hydrogen-bond acceptors (Lipinski definition) is 4. The second kappa shape index (κ2) is 7.08. The minimum absolute atomic E-state index is 0.0737. The highest BCUT2D eigenvalue weighted by Gasteiger charge is 2.31. The number of ketones is 1. The van der Waals surface area contributed by atoms with Crippen molar-refractivity contribution in [3.05, 3.63) is 51.8 Å². The van der Waals surface area contributed by atoms with Gasteiger partial charge in [0.25, 0.3) is 0 Å². The van der Waals surface area contributed by atoms with Gasteiger partial charge in [-0.3, -0.25) is 4.79 Å². The van der Waals surface area contributed by atoms with Crippen LogP contribution in [0.15, 0.2) is 24.3 Å². The van der Waals surface area contributed by atoms with Crippen molar-refractivity contribution in [2.24, 2.45) is 0 Å². The number of carbonyl (C=O) groups excluding carboxylic acids is 1. The Hall–Kier alpha value is -1.79. The van der Waals surface area contributed by atoms with E-state index in [4.69, 9.17) is 16.3 Å². The Bertz CT molecular complexity index is 962. The molecule has 0 N–H and O–H groups in total. The summed E-state index contributed by atoms with van der Waals surface area (Å²) in [4.78, 5) is 12.6. The van der Waals surface area contributed by atoms with Crippen molar-refractivity contribution in [2.75, 3.05) is 18.1 Å². The summed E-state index contributed by atoms with van der Waals surface area (Å²) < 4.78 is 31.2. The van der Waals surface area contributed by atoms with Gasteiger partial charge < -0.3 is 9.30 Å². The molecular formula is C19H22ClNO4S. The van der Waals surface area contributed by atoms with Crippen LogP contribution in [0.5, 0.6) is 5.75 Å². The number of hydrogen-bond donors (Lipinski definition) is 0. The predicted molar refractivity (Wildman–Crippen MR) is 102 cm³/mol. The van der Waals surface area contributed by atoms with E-state index in [0.717, 1.165) is 17.0 Å². The maximum absolute atomic E-state index is 12.6. The lowest BCUT2D eigenvalue weighted by Crippen LogP contribution is -2.16. The third-order valence-corrected chi connectivity index (χ3v) is 6.84. The van der Waals surface area contributed by atoms with Crippen LogP contribution in [-0.2, 0) is 9.84 Å². The van der Waals surface area contributed by atoms with Crippen LogP contribution < -0.4 is 4.74 Å². The molecule has 3 rings (SSSR count). The Morgan fingerprint density at radius 3 is 2.62 bits per heavy atom. The molecule has 1 fully saturated rings. The van der Waals surface area contributed by atoms with Crippen LogP contribution in [0, 0.1) is 20.8 Å². The van der Waals surface area contributed by atoms with Crippen molar-refractivity contribution in [1.82, 2.24) is 4.57 Å². The smallest absolute Gasteiger partial charge is 0.202 e. The average molecular weight is 396 g/mol. The fourth-order valence-electron chi connectivity index (χ4n) is 3.60. The zero-order chi connectivity index (χ0) is 19.1. The molecule has 1 aliphatic rings. The Morgan fingerprint density at radius 2 is 2.00 bits per heavy atom. The van der Waals surface area contributed by atoms with E-state index < -0.39 is 9.84 Å². The highest BCUT2D eigenvalue weighted by molar-refractivity contribution is 7.91. The summed E-state index contributed by atoms with van der Waals surface area (Å²) in [6, 6.07) is 6.98. The third-order valence-electron chi connectivity index (χ3n) is 4.85. The Morgan fingerprint density at radius 1 is 1.27 bits per heavy atom. The number of sulfone groups is 1. The second-order valence-electron chi connectivity index (χ2n) is 6.83. The van der Waals surface area contributed by atoms with Gasteiger partial charge in [0.15, 0.2) is 16.4 Å². The summed E-state index contributed by atoms with van der Waals surface area (Å²) in [5.41, 5.74) is 3.15. The molecule has 1 aliphatic heterocycles. The molecule has 1 aromatic heterocycles. The number of nitrogens with zero attached hydrogens (tertiary/aromatic N) is 1. The van der Waals surface area contributed by atoms with Crippen LogP contribution in [-0.4, -0.2) is 36.9 Å².